The first-order valence-electron chi connectivity index (χ1n) is 4.12. The van der Waals surface area contributed by atoms with Gasteiger partial charge in [0.2, 0.25) is 0 Å². The predicted octanol–water partition coefficient (Wildman–Crippen LogP) is 1.90. The SMILES string of the molecule is [CH2]C(CCCOC)CCOC. The molecule has 0 heterocycles. The average molecular weight is 159 g/mol. The predicted molar refractivity (Wildman–Crippen MR) is 46.5 cm³/mol. The van der Waals surface area contributed by atoms with Crippen LogP contribution in [0.1, 0.15) is 19.3 Å². The van der Waals surface area contributed by atoms with Gasteiger partial charge in [-0.15, -0.1) is 0 Å². The number of methoxy groups -OCH3 is 2. The molecule has 0 aromatic rings. The second-order valence-electron chi connectivity index (χ2n) is 2.78. The van der Waals surface area contributed by atoms with E-state index in [0.29, 0.717) is 5.92 Å². The van der Waals surface area contributed by atoms with Crippen LogP contribution in [0.4, 0.5) is 0 Å². The number of ether oxygens (including phenoxy) is 2. The fourth-order valence-electron chi connectivity index (χ4n) is 0.945. The van der Waals surface area contributed by atoms with E-state index in [9.17, 15) is 0 Å². The first kappa shape index (κ1) is 10.9. The summed E-state index contributed by atoms with van der Waals surface area (Å²) in [5.41, 5.74) is 0. The molecule has 2 nitrogen and oxygen atoms in total. The molecule has 1 unspecified atom stereocenters. The third-order valence-electron chi connectivity index (χ3n) is 1.69. The zero-order valence-corrected chi connectivity index (χ0v) is 7.64. The minimum Gasteiger partial charge on any atom is -0.385 e. The Labute approximate surface area is 69.9 Å². The minimum atomic E-state index is 0.519. The molecule has 0 fully saturated rings. The van der Waals surface area contributed by atoms with Crippen molar-refractivity contribution in [3.8, 4) is 0 Å². The van der Waals surface area contributed by atoms with E-state index < -0.39 is 0 Å². The van der Waals surface area contributed by atoms with Crippen LogP contribution in [-0.2, 0) is 9.47 Å². The Hall–Kier alpha value is -0.0800. The molecular weight excluding hydrogens is 140 g/mol. The highest BCUT2D eigenvalue weighted by atomic mass is 16.5. The van der Waals surface area contributed by atoms with Crippen LogP contribution in [0.5, 0.6) is 0 Å². The number of hydrogen-bond acceptors (Lipinski definition) is 2. The van der Waals surface area contributed by atoms with E-state index in [-0.39, 0.29) is 0 Å². The van der Waals surface area contributed by atoms with Gasteiger partial charge < -0.3 is 9.47 Å². The molecule has 67 valence electrons. The Morgan fingerprint density at radius 1 is 1.09 bits per heavy atom. The van der Waals surface area contributed by atoms with E-state index in [2.05, 4.69) is 6.92 Å². The van der Waals surface area contributed by atoms with E-state index >= 15 is 0 Å². The molecule has 0 rings (SSSR count). The molecule has 0 aliphatic rings. The second kappa shape index (κ2) is 8.02. The highest BCUT2D eigenvalue weighted by molar-refractivity contribution is 4.60. The van der Waals surface area contributed by atoms with Crippen LogP contribution in [0.25, 0.3) is 0 Å². The topological polar surface area (TPSA) is 18.5 Å². The van der Waals surface area contributed by atoms with Gasteiger partial charge in [0.05, 0.1) is 0 Å². The van der Waals surface area contributed by atoms with Crippen molar-refractivity contribution in [3.05, 3.63) is 6.92 Å². The quantitative estimate of drug-likeness (QED) is 0.528. The van der Waals surface area contributed by atoms with E-state index in [1.54, 1.807) is 14.2 Å². The average Bonchev–Trinajstić information content (AvgIpc) is 2.01. The zero-order chi connectivity index (χ0) is 8.53. The fourth-order valence-corrected chi connectivity index (χ4v) is 0.945. The van der Waals surface area contributed by atoms with Crippen LogP contribution in [0.2, 0.25) is 0 Å². The van der Waals surface area contributed by atoms with Crippen molar-refractivity contribution in [3.63, 3.8) is 0 Å². The highest BCUT2D eigenvalue weighted by Gasteiger charge is 2.00. The lowest BCUT2D eigenvalue weighted by atomic mass is 10.0. The van der Waals surface area contributed by atoms with E-state index in [1.165, 1.54) is 0 Å². The molecule has 1 radical (unpaired) electrons. The molecule has 0 aromatic carbocycles. The summed E-state index contributed by atoms with van der Waals surface area (Å²) in [5, 5.41) is 0. The van der Waals surface area contributed by atoms with Gasteiger partial charge in [0.1, 0.15) is 0 Å². The molecule has 2 heteroatoms. The van der Waals surface area contributed by atoms with Gasteiger partial charge in [0.25, 0.3) is 0 Å². The minimum absolute atomic E-state index is 0.519. The molecule has 0 aliphatic carbocycles. The Morgan fingerprint density at radius 2 is 1.73 bits per heavy atom. The lowest BCUT2D eigenvalue weighted by Gasteiger charge is -2.09. The summed E-state index contributed by atoms with van der Waals surface area (Å²) in [6.07, 6.45) is 3.30. The molecule has 0 bridgehead atoms. The second-order valence-corrected chi connectivity index (χ2v) is 2.78. The maximum Gasteiger partial charge on any atom is 0.0464 e. The Bertz CT molecular complexity index is 74.0. The van der Waals surface area contributed by atoms with Crippen LogP contribution in [0.3, 0.4) is 0 Å². The maximum absolute atomic E-state index is 4.95. The molecule has 0 amide bonds. The van der Waals surface area contributed by atoms with Gasteiger partial charge in [0.15, 0.2) is 0 Å². The third-order valence-corrected chi connectivity index (χ3v) is 1.69. The van der Waals surface area contributed by atoms with Crippen molar-refractivity contribution < 1.29 is 9.47 Å². The summed E-state index contributed by atoms with van der Waals surface area (Å²) in [6.45, 7) is 5.68. The summed E-state index contributed by atoms with van der Waals surface area (Å²) < 4.78 is 9.89. The van der Waals surface area contributed by atoms with Gasteiger partial charge in [-0.3, -0.25) is 0 Å². The Kier molecular flexibility index (Phi) is 7.96. The van der Waals surface area contributed by atoms with E-state index in [4.69, 9.17) is 9.47 Å². The van der Waals surface area contributed by atoms with Crippen molar-refractivity contribution in [2.45, 2.75) is 19.3 Å². The highest BCUT2D eigenvalue weighted by Crippen LogP contribution is 2.09. The van der Waals surface area contributed by atoms with Gasteiger partial charge in [-0.1, -0.05) is 6.92 Å². The molecule has 0 aromatic heterocycles. The van der Waals surface area contributed by atoms with E-state index in [1.807, 2.05) is 0 Å². The van der Waals surface area contributed by atoms with Gasteiger partial charge in [-0.2, -0.15) is 0 Å². The monoisotopic (exact) mass is 159 g/mol. The summed E-state index contributed by atoms with van der Waals surface area (Å²) in [5.74, 6) is 0.519. The van der Waals surface area contributed by atoms with Crippen LogP contribution >= 0.6 is 0 Å². The van der Waals surface area contributed by atoms with Crippen LogP contribution < -0.4 is 0 Å². The molecule has 1 atom stereocenters. The largest absolute Gasteiger partial charge is 0.385 e. The molecular formula is C9H19O2. The first-order valence-corrected chi connectivity index (χ1v) is 4.12. The maximum atomic E-state index is 4.95. The van der Waals surface area contributed by atoms with Crippen molar-refractivity contribution >= 4 is 0 Å². The molecule has 11 heavy (non-hydrogen) atoms. The van der Waals surface area contributed by atoms with Gasteiger partial charge >= 0.3 is 0 Å². The molecule has 0 aliphatic heterocycles. The molecule has 0 spiro atoms. The van der Waals surface area contributed by atoms with Crippen LogP contribution in [0.15, 0.2) is 0 Å². The van der Waals surface area contributed by atoms with Gasteiger partial charge in [0, 0.05) is 27.4 Å². The summed E-state index contributed by atoms with van der Waals surface area (Å²) in [6, 6.07) is 0. The zero-order valence-electron chi connectivity index (χ0n) is 7.64. The Morgan fingerprint density at radius 3 is 2.27 bits per heavy atom. The fraction of sp³-hybridized carbons (Fsp3) is 0.889. The lowest BCUT2D eigenvalue weighted by Crippen LogP contribution is -2.01. The van der Waals surface area contributed by atoms with Crippen molar-refractivity contribution in [2.75, 3.05) is 27.4 Å². The summed E-state index contributed by atoms with van der Waals surface area (Å²) in [4.78, 5) is 0. The molecule has 0 N–H and O–H groups in total. The third kappa shape index (κ3) is 7.82. The number of hydrogen-bond donors (Lipinski definition) is 0. The van der Waals surface area contributed by atoms with Crippen LogP contribution in [-0.4, -0.2) is 27.4 Å². The van der Waals surface area contributed by atoms with Crippen molar-refractivity contribution in [2.24, 2.45) is 5.92 Å². The summed E-state index contributed by atoms with van der Waals surface area (Å²) in [7, 11) is 3.45. The molecule has 0 saturated carbocycles. The van der Waals surface area contributed by atoms with E-state index in [0.717, 1.165) is 32.5 Å². The normalized spacial score (nSPS) is 13.4. The first-order chi connectivity index (χ1) is 5.31. The van der Waals surface area contributed by atoms with Crippen LogP contribution in [0, 0.1) is 12.8 Å². The van der Waals surface area contributed by atoms with Gasteiger partial charge in [-0.25, -0.2) is 0 Å². The lowest BCUT2D eigenvalue weighted by molar-refractivity contribution is 0.169. The van der Waals surface area contributed by atoms with Crippen molar-refractivity contribution in [1.29, 1.82) is 0 Å². The summed E-state index contributed by atoms with van der Waals surface area (Å²) >= 11 is 0. The standard InChI is InChI=1S/C9H19O2/c1-9(6-8-11-3)5-4-7-10-2/h9H,1,4-8H2,2-3H3. The number of rotatable bonds is 7. The molecule has 0 saturated heterocycles. The van der Waals surface area contributed by atoms with Gasteiger partial charge in [-0.05, 0) is 25.2 Å². The van der Waals surface area contributed by atoms with Crippen molar-refractivity contribution in [1.82, 2.24) is 0 Å². The Balaban J connectivity index is 3.02. The smallest absolute Gasteiger partial charge is 0.0464 e.